The standard InChI is InChI=1S/C13H19N5O2/c1-9(2)18-11(19)13(16-12(18)20)3-6-17(8-13)7-10-14-4-5-15-10/h4-5,9H,3,6-8H2,1-2H3,(H,14,15)(H,16,20)/t13-/m0/s1. The lowest BCUT2D eigenvalue weighted by atomic mass is 9.99. The van der Waals surface area contributed by atoms with Gasteiger partial charge in [0.15, 0.2) is 0 Å². The summed E-state index contributed by atoms with van der Waals surface area (Å²) in [6, 6.07) is -0.383. The maximum atomic E-state index is 12.5. The molecule has 0 aromatic carbocycles. The highest BCUT2D eigenvalue weighted by Crippen LogP contribution is 2.30. The van der Waals surface area contributed by atoms with Gasteiger partial charge >= 0.3 is 6.03 Å². The maximum Gasteiger partial charge on any atom is 0.325 e. The van der Waals surface area contributed by atoms with Crippen LogP contribution in [-0.2, 0) is 11.3 Å². The summed E-state index contributed by atoms with van der Waals surface area (Å²) in [6.07, 6.45) is 4.15. The maximum absolute atomic E-state index is 12.5. The van der Waals surface area contributed by atoms with Gasteiger partial charge in [0.25, 0.3) is 5.91 Å². The Hall–Kier alpha value is -1.89. The normalized spacial score (nSPS) is 27.1. The van der Waals surface area contributed by atoms with Gasteiger partial charge in [-0.1, -0.05) is 0 Å². The van der Waals surface area contributed by atoms with Crippen molar-refractivity contribution in [2.75, 3.05) is 13.1 Å². The zero-order chi connectivity index (χ0) is 14.3. The first kappa shape index (κ1) is 13.1. The summed E-state index contributed by atoms with van der Waals surface area (Å²) >= 11 is 0. The van der Waals surface area contributed by atoms with Crippen LogP contribution in [0.1, 0.15) is 26.1 Å². The number of carbonyl (C=O) groups excluding carboxylic acids is 2. The van der Waals surface area contributed by atoms with E-state index in [4.69, 9.17) is 0 Å². The van der Waals surface area contributed by atoms with Crippen molar-refractivity contribution in [1.82, 2.24) is 25.1 Å². The topological polar surface area (TPSA) is 81.3 Å². The molecule has 1 atom stereocenters. The van der Waals surface area contributed by atoms with Gasteiger partial charge in [-0.3, -0.25) is 14.6 Å². The van der Waals surface area contributed by atoms with E-state index in [-0.39, 0.29) is 18.0 Å². The molecule has 3 rings (SSSR count). The van der Waals surface area contributed by atoms with Crippen LogP contribution in [0.25, 0.3) is 0 Å². The molecule has 0 aliphatic carbocycles. The molecule has 1 spiro atoms. The van der Waals surface area contributed by atoms with E-state index in [1.54, 1.807) is 12.4 Å². The first-order valence-electron chi connectivity index (χ1n) is 6.88. The summed E-state index contributed by atoms with van der Waals surface area (Å²) in [4.78, 5) is 35.2. The Bertz CT molecular complexity index is 527. The number of amides is 3. The van der Waals surface area contributed by atoms with Gasteiger partial charge in [-0.15, -0.1) is 0 Å². The van der Waals surface area contributed by atoms with Crippen LogP contribution < -0.4 is 5.32 Å². The van der Waals surface area contributed by atoms with Crippen LogP contribution in [0.5, 0.6) is 0 Å². The molecule has 0 saturated carbocycles. The Kier molecular flexibility index (Phi) is 3.01. The average molecular weight is 277 g/mol. The van der Waals surface area contributed by atoms with Gasteiger partial charge in [-0.05, 0) is 20.3 Å². The fraction of sp³-hybridized carbons (Fsp3) is 0.615. The van der Waals surface area contributed by atoms with Gasteiger partial charge in [0.05, 0.1) is 6.54 Å². The quantitative estimate of drug-likeness (QED) is 0.779. The summed E-state index contributed by atoms with van der Waals surface area (Å²) in [5.41, 5.74) is -0.742. The fourth-order valence-electron chi connectivity index (χ4n) is 3.01. The van der Waals surface area contributed by atoms with Gasteiger partial charge in [-0.25, -0.2) is 9.78 Å². The molecule has 1 aromatic rings. The number of aromatic amines is 1. The van der Waals surface area contributed by atoms with E-state index in [0.717, 1.165) is 12.4 Å². The summed E-state index contributed by atoms with van der Waals surface area (Å²) in [5.74, 6) is 0.777. The van der Waals surface area contributed by atoms with Crippen molar-refractivity contribution in [3.63, 3.8) is 0 Å². The number of imidazole rings is 1. The van der Waals surface area contributed by atoms with E-state index in [9.17, 15) is 9.59 Å². The third-order valence-corrected chi connectivity index (χ3v) is 3.99. The van der Waals surface area contributed by atoms with Crippen molar-refractivity contribution in [2.24, 2.45) is 0 Å². The molecule has 0 bridgehead atoms. The van der Waals surface area contributed by atoms with Gasteiger partial charge in [0.1, 0.15) is 11.4 Å². The minimum atomic E-state index is -0.742. The number of aromatic nitrogens is 2. The van der Waals surface area contributed by atoms with Crippen molar-refractivity contribution in [2.45, 2.75) is 38.4 Å². The number of likely N-dealkylation sites (tertiary alicyclic amines) is 1. The number of H-pyrrole nitrogens is 1. The minimum Gasteiger partial charge on any atom is -0.348 e. The molecule has 7 nitrogen and oxygen atoms in total. The highest BCUT2D eigenvalue weighted by atomic mass is 16.2. The van der Waals surface area contributed by atoms with E-state index >= 15 is 0 Å². The highest BCUT2D eigenvalue weighted by Gasteiger charge is 2.55. The molecule has 2 N–H and O–H groups in total. The van der Waals surface area contributed by atoms with Gasteiger partial charge < -0.3 is 10.3 Å². The second-order valence-corrected chi connectivity index (χ2v) is 5.78. The largest absolute Gasteiger partial charge is 0.348 e. The molecule has 2 aliphatic heterocycles. The zero-order valence-corrected chi connectivity index (χ0v) is 11.7. The molecule has 3 heterocycles. The molecule has 2 fully saturated rings. The molecule has 0 unspecified atom stereocenters. The van der Waals surface area contributed by atoms with Crippen molar-refractivity contribution < 1.29 is 9.59 Å². The Morgan fingerprint density at radius 1 is 1.45 bits per heavy atom. The lowest BCUT2D eigenvalue weighted by molar-refractivity contribution is -0.132. The Labute approximate surface area is 117 Å². The van der Waals surface area contributed by atoms with Crippen LogP contribution in [0.3, 0.4) is 0 Å². The number of nitrogens with zero attached hydrogens (tertiary/aromatic N) is 3. The smallest absolute Gasteiger partial charge is 0.325 e. The third-order valence-electron chi connectivity index (χ3n) is 3.99. The van der Waals surface area contributed by atoms with Crippen LogP contribution in [0.15, 0.2) is 12.4 Å². The average Bonchev–Trinajstić information content (AvgIpc) is 3.04. The second-order valence-electron chi connectivity index (χ2n) is 5.78. The number of nitrogens with one attached hydrogen (secondary N) is 2. The highest BCUT2D eigenvalue weighted by molar-refractivity contribution is 6.07. The van der Waals surface area contributed by atoms with Crippen LogP contribution in [0, 0.1) is 0 Å². The minimum absolute atomic E-state index is 0.0977. The monoisotopic (exact) mass is 277 g/mol. The van der Waals surface area contributed by atoms with E-state index in [1.165, 1.54) is 4.90 Å². The lowest BCUT2D eigenvalue weighted by Crippen LogP contribution is -2.49. The Morgan fingerprint density at radius 2 is 2.25 bits per heavy atom. The molecule has 7 heteroatoms. The van der Waals surface area contributed by atoms with Gasteiger partial charge in [0.2, 0.25) is 0 Å². The van der Waals surface area contributed by atoms with Crippen LogP contribution in [0.4, 0.5) is 4.79 Å². The number of imide groups is 1. The van der Waals surface area contributed by atoms with Crippen LogP contribution in [0.2, 0.25) is 0 Å². The van der Waals surface area contributed by atoms with Gasteiger partial charge in [0, 0.05) is 31.5 Å². The number of urea groups is 1. The molecule has 2 aliphatic rings. The Balaban J connectivity index is 1.73. The van der Waals surface area contributed by atoms with Gasteiger partial charge in [-0.2, -0.15) is 0 Å². The van der Waals surface area contributed by atoms with Crippen molar-refractivity contribution in [3.8, 4) is 0 Å². The summed E-state index contributed by atoms with van der Waals surface area (Å²) in [5, 5.41) is 2.89. The molecule has 1 aromatic heterocycles. The summed E-state index contributed by atoms with van der Waals surface area (Å²) in [7, 11) is 0. The number of rotatable bonds is 3. The SMILES string of the molecule is CC(C)N1C(=O)N[C@]2(CCN(Cc3ncc[nH]3)C2)C1=O. The van der Waals surface area contributed by atoms with Crippen molar-refractivity contribution in [3.05, 3.63) is 18.2 Å². The zero-order valence-electron chi connectivity index (χ0n) is 11.7. The van der Waals surface area contributed by atoms with E-state index < -0.39 is 5.54 Å². The molecule has 20 heavy (non-hydrogen) atoms. The molecular formula is C13H19N5O2. The fourth-order valence-corrected chi connectivity index (χ4v) is 3.01. The Morgan fingerprint density at radius 3 is 2.85 bits per heavy atom. The van der Waals surface area contributed by atoms with Crippen LogP contribution in [-0.4, -0.2) is 56.4 Å². The second kappa shape index (κ2) is 4.59. The lowest BCUT2D eigenvalue weighted by Gasteiger charge is -2.22. The molecular weight excluding hydrogens is 258 g/mol. The van der Waals surface area contributed by atoms with E-state index in [2.05, 4.69) is 20.2 Å². The molecule has 2 saturated heterocycles. The van der Waals surface area contributed by atoms with Crippen molar-refractivity contribution >= 4 is 11.9 Å². The number of hydrogen-bond donors (Lipinski definition) is 2. The van der Waals surface area contributed by atoms with Crippen molar-refractivity contribution in [1.29, 1.82) is 0 Å². The molecule has 108 valence electrons. The first-order chi connectivity index (χ1) is 9.52. The third kappa shape index (κ3) is 1.98. The predicted molar refractivity (Wildman–Crippen MR) is 71.7 cm³/mol. The number of carbonyl (C=O) groups is 2. The summed E-state index contributed by atoms with van der Waals surface area (Å²) in [6.45, 7) is 5.69. The first-order valence-corrected chi connectivity index (χ1v) is 6.88. The molecule has 0 radical (unpaired) electrons. The van der Waals surface area contributed by atoms with E-state index in [0.29, 0.717) is 19.5 Å². The molecule has 3 amide bonds. The predicted octanol–water partition coefficient (Wildman–Crippen LogP) is 0.314. The van der Waals surface area contributed by atoms with Crippen LogP contribution >= 0.6 is 0 Å². The number of hydrogen-bond acceptors (Lipinski definition) is 4. The summed E-state index contributed by atoms with van der Waals surface area (Å²) < 4.78 is 0. The van der Waals surface area contributed by atoms with E-state index in [1.807, 2.05) is 13.8 Å².